The Balaban J connectivity index is 2.95. The van der Waals surface area contributed by atoms with Gasteiger partial charge in [0.05, 0.1) is 7.11 Å². The number of carbonyl (C=O) groups is 1. The number of rotatable bonds is 7. The van der Waals surface area contributed by atoms with Crippen LogP contribution in [-0.2, 0) is 16.0 Å². The number of ether oxygens (including phenoxy) is 2. The molecule has 0 N–H and O–H groups in total. The molecule has 1 rings (SSSR count). The van der Waals surface area contributed by atoms with E-state index in [4.69, 9.17) is 9.47 Å². The second-order valence-corrected chi connectivity index (χ2v) is 4.93. The molecule has 1 atom stereocenters. The van der Waals surface area contributed by atoms with Crippen LogP contribution in [0, 0.1) is 6.92 Å². The number of ketones is 1. The van der Waals surface area contributed by atoms with Gasteiger partial charge in [-0.2, -0.15) is 0 Å². The predicted molar refractivity (Wildman–Crippen MR) is 76.8 cm³/mol. The Labute approximate surface area is 115 Å². The van der Waals surface area contributed by atoms with Crippen molar-refractivity contribution in [2.75, 3.05) is 13.7 Å². The topological polar surface area (TPSA) is 35.5 Å². The van der Waals surface area contributed by atoms with Crippen LogP contribution in [0.25, 0.3) is 0 Å². The molecular formula is C16H24O3. The maximum atomic E-state index is 12.5. The molecule has 0 aliphatic rings. The van der Waals surface area contributed by atoms with E-state index in [9.17, 15) is 4.79 Å². The van der Waals surface area contributed by atoms with Crippen LogP contribution < -0.4 is 4.74 Å². The van der Waals surface area contributed by atoms with Crippen LogP contribution in [0.2, 0.25) is 0 Å². The van der Waals surface area contributed by atoms with Gasteiger partial charge >= 0.3 is 0 Å². The largest absolute Gasteiger partial charge is 0.496 e. The Hall–Kier alpha value is -1.35. The normalized spacial score (nSPS) is 13.9. The van der Waals surface area contributed by atoms with Gasteiger partial charge in [0.1, 0.15) is 11.4 Å². The maximum Gasteiger partial charge on any atom is 0.168 e. The van der Waals surface area contributed by atoms with E-state index in [0.717, 1.165) is 16.9 Å². The van der Waals surface area contributed by atoms with Gasteiger partial charge in [-0.15, -0.1) is 0 Å². The summed E-state index contributed by atoms with van der Waals surface area (Å²) in [5.74, 6) is 0.856. The summed E-state index contributed by atoms with van der Waals surface area (Å²) in [6.07, 6.45) is 1.02. The molecule has 0 heterocycles. The number of hydrogen-bond donors (Lipinski definition) is 0. The average molecular weight is 264 g/mol. The van der Waals surface area contributed by atoms with Crippen LogP contribution in [0.5, 0.6) is 5.75 Å². The zero-order valence-electron chi connectivity index (χ0n) is 12.6. The average Bonchev–Trinajstić information content (AvgIpc) is 2.39. The van der Waals surface area contributed by atoms with Gasteiger partial charge < -0.3 is 9.47 Å². The standard InChI is InChI=1S/C16H24O3/c1-6-16(4,19-7-2)15(17)11-13-10-12(3)8-9-14(13)18-5/h8-10H,6-7,11H2,1-5H3. The lowest BCUT2D eigenvalue weighted by Crippen LogP contribution is -2.39. The first-order valence-corrected chi connectivity index (χ1v) is 6.77. The van der Waals surface area contributed by atoms with Crippen LogP contribution in [0.3, 0.4) is 0 Å². The van der Waals surface area contributed by atoms with Crippen molar-refractivity contribution in [3.05, 3.63) is 29.3 Å². The molecule has 1 aromatic carbocycles. The van der Waals surface area contributed by atoms with Gasteiger partial charge in [0, 0.05) is 18.6 Å². The molecule has 0 saturated heterocycles. The van der Waals surface area contributed by atoms with Crippen LogP contribution in [-0.4, -0.2) is 25.1 Å². The van der Waals surface area contributed by atoms with E-state index in [-0.39, 0.29) is 5.78 Å². The molecule has 0 aliphatic carbocycles. The molecule has 0 spiro atoms. The molecule has 3 heteroatoms. The van der Waals surface area contributed by atoms with Crippen molar-refractivity contribution in [1.29, 1.82) is 0 Å². The second-order valence-electron chi connectivity index (χ2n) is 4.93. The minimum atomic E-state index is -0.705. The van der Waals surface area contributed by atoms with Crippen molar-refractivity contribution < 1.29 is 14.3 Å². The fourth-order valence-corrected chi connectivity index (χ4v) is 2.10. The number of aryl methyl sites for hydroxylation is 1. The van der Waals surface area contributed by atoms with Gasteiger partial charge in [0.2, 0.25) is 0 Å². The molecular weight excluding hydrogens is 240 g/mol. The summed E-state index contributed by atoms with van der Waals surface area (Å²) < 4.78 is 10.9. The molecule has 1 aromatic rings. The molecule has 0 bridgehead atoms. The van der Waals surface area contributed by atoms with Gasteiger partial charge in [-0.25, -0.2) is 0 Å². The van der Waals surface area contributed by atoms with Crippen LogP contribution >= 0.6 is 0 Å². The van der Waals surface area contributed by atoms with E-state index in [1.165, 1.54) is 0 Å². The first-order chi connectivity index (χ1) is 8.96. The quantitative estimate of drug-likeness (QED) is 0.758. The smallest absolute Gasteiger partial charge is 0.168 e. The fraction of sp³-hybridized carbons (Fsp3) is 0.562. The third-order valence-corrected chi connectivity index (χ3v) is 3.51. The third-order valence-electron chi connectivity index (χ3n) is 3.51. The summed E-state index contributed by atoms with van der Waals surface area (Å²) >= 11 is 0. The van der Waals surface area contributed by atoms with E-state index in [2.05, 4.69) is 0 Å². The van der Waals surface area contributed by atoms with E-state index in [1.807, 2.05) is 45.9 Å². The third kappa shape index (κ3) is 3.80. The van der Waals surface area contributed by atoms with E-state index >= 15 is 0 Å². The highest BCUT2D eigenvalue weighted by Gasteiger charge is 2.31. The highest BCUT2D eigenvalue weighted by Crippen LogP contribution is 2.24. The van der Waals surface area contributed by atoms with E-state index in [0.29, 0.717) is 19.4 Å². The number of carbonyl (C=O) groups excluding carboxylic acids is 1. The Morgan fingerprint density at radius 2 is 2.00 bits per heavy atom. The Morgan fingerprint density at radius 3 is 2.53 bits per heavy atom. The molecule has 1 unspecified atom stereocenters. The van der Waals surface area contributed by atoms with Crippen molar-refractivity contribution in [3.8, 4) is 5.75 Å². The first-order valence-electron chi connectivity index (χ1n) is 6.77. The van der Waals surface area contributed by atoms with Crippen molar-refractivity contribution in [2.24, 2.45) is 0 Å². The number of Topliss-reactive ketones (excluding diaryl/α,β-unsaturated/α-hetero) is 1. The van der Waals surface area contributed by atoms with Crippen LogP contribution in [0.15, 0.2) is 18.2 Å². The zero-order valence-corrected chi connectivity index (χ0v) is 12.6. The van der Waals surface area contributed by atoms with Gasteiger partial charge in [-0.05, 0) is 33.3 Å². The van der Waals surface area contributed by atoms with Crippen LogP contribution in [0.4, 0.5) is 0 Å². The second kappa shape index (κ2) is 6.71. The van der Waals surface area contributed by atoms with Crippen LogP contribution in [0.1, 0.15) is 38.3 Å². The summed E-state index contributed by atoms with van der Waals surface area (Å²) in [4.78, 5) is 12.5. The lowest BCUT2D eigenvalue weighted by molar-refractivity contribution is -0.141. The van der Waals surface area contributed by atoms with E-state index in [1.54, 1.807) is 7.11 Å². The molecule has 0 saturated carbocycles. The van der Waals surface area contributed by atoms with Crippen molar-refractivity contribution in [3.63, 3.8) is 0 Å². The molecule has 3 nitrogen and oxygen atoms in total. The van der Waals surface area contributed by atoms with Gasteiger partial charge in [-0.3, -0.25) is 4.79 Å². The van der Waals surface area contributed by atoms with Crippen molar-refractivity contribution >= 4 is 5.78 Å². The Bertz CT molecular complexity index is 440. The predicted octanol–water partition coefficient (Wildman–Crippen LogP) is 3.32. The minimum Gasteiger partial charge on any atom is -0.496 e. The number of hydrogen-bond acceptors (Lipinski definition) is 3. The Morgan fingerprint density at radius 1 is 1.32 bits per heavy atom. The molecule has 0 amide bonds. The number of methoxy groups -OCH3 is 1. The maximum absolute atomic E-state index is 12.5. The molecule has 0 aliphatic heterocycles. The van der Waals surface area contributed by atoms with E-state index < -0.39 is 5.60 Å². The highest BCUT2D eigenvalue weighted by molar-refractivity contribution is 5.89. The van der Waals surface area contributed by atoms with Crippen molar-refractivity contribution in [2.45, 2.75) is 46.1 Å². The SMILES string of the molecule is CCOC(C)(CC)C(=O)Cc1cc(C)ccc1OC. The zero-order chi connectivity index (χ0) is 14.5. The summed E-state index contributed by atoms with van der Waals surface area (Å²) in [6, 6.07) is 5.88. The molecule has 0 fully saturated rings. The molecule has 106 valence electrons. The monoisotopic (exact) mass is 264 g/mol. The summed E-state index contributed by atoms with van der Waals surface area (Å²) in [7, 11) is 1.63. The number of benzene rings is 1. The summed E-state index contributed by atoms with van der Waals surface area (Å²) in [5.41, 5.74) is 1.34. The van der Waals surface area contributed by atoms with Gasteiger partial charge in [0.25, 0.3) is 0 Å². The Kier molecular flexibility index (Phi) is 5.55. The summed E-state index contributed by atoms with van der Waals surface area (Å²) in [5, 5.41) is 0. The van der Waals surface area contributed by atoms with Gasteiger partial charge in [0.15, 0.2) is 5.78 Å². The molecule has 19 heavy (non-hydrogen) atoms. The minimum absolute atomic E-state index is 0.0979. The highest BCUT2D eigenvalue weighted by atomic mass is 16.5. The molecule has 0 aromatic heterocycles. The molecule has 0 radical (unpaired) electrons. The first kappa shape index (κ1) is 15.7. The fourth-order valence-electron chi connectivity index (χ4n) is 2.10. The van der Waals surface area contributed by atoms with Crippen molar-refractivity contribution in [1.82, 2.24) is 0 Å². The lowest BCUT2D eigenvalue weighted by atomic mass is 9.91. The summed E-state index contributed by atoms with van der Waals surface area (Å²) in [6.45, 7) is 8.30. The lowest BCUT2D eigenvalue weighted by Gasteiger charge is -2.27. The van der Waals surface area contributed by atoms with Gasteiger partial charge in [-0.1, -0.05) is 24.6 Å².